The minimum absolute atomic E-state index is 0.0292. The Hall–Kier alpha value is -3.36. The average molecular weight is 331 g/mol. The van der Waals surface area contributed by atoms with E-state index in [4.69, 9.17) is 9.52 Å². The number of rotatable bonds is 3. The van der Waals surface area contributed by atoms with Gasteiger partial charge in [-0.05, 0) is 19.1 Å². The number of oxazole rings is 1. The smallest absolute Gasteiger partial charge is 0.419 e. The van der Waals surface area contributed by atoms with Crippen molar-refractivity contribution in [2.75, 3.05) is 0 Å². The zero-order valence-electron chi connectivity index (χ0n) is 12.8. The molecule has 0 fully saturated rings. The van der Waals surface area contributed by atoms with Crippen LogP contribution < -0.4 is 17.0 Å². The molecule has 0 saturated carbocycles. The van der Waals surface area contributed by atoms with Gasteiger partial charge in [-0.1, -0.05) is 0 Å². The Kier molecular flexibility index (Phi) is 3.48. The van der Waals surface area contributed by atoms with Crippen LogP contribution in [0.25, 0.3) is 16.8 Å². The Balaban J connectivity index is 2.35. The first-order valence-corrected chi connectivity index (χ1v) is 7.05. The lowest BCUT2D eigenvalue weighted by Crippen LogP contribution is -2.41. The molecule has 0 unspecified atom stereocenters. The molecule has 1 aromatic carbocycles. The van der Waals surface area contributed by atoms with Gasteiger partial charge in [0.05, 0.1) is 11.2 Å². The highest BCUT2D eigenvalue weighted by atomic mass is 16.4. The van der Waals surface area contributed by atoms with E-state index >= 15 is 0 Å². The summed E-state index contributed by atoms with van der Waals surface area (Å²) in [5.74, 6) is -1.98. The van der Waals surface area contributed by atoms with Gasteiger partial charge in [-0.3, -0.25) is 18.5 Å². The summed E-state index contributed by atoms with van der Waals surface area (Å²) in [6.07, 6.45) is 0.974. The molecule has 0 radical (unpaired) electrons. The van der Waals surface area contributed by atoms with Crippen LogP contribution in [-0.4, -0.2) is 24.8 Å². The lowest BCUT2D eigenvalue weighted by molar-refractivity contribution is 0.0693. The van der Waals surface area contributed by atoms with Crippen molar-refractivity contribution in [2.45, 2.75) is 13.5 Å². The largest absolute Gasteiger partial charge is 0.477 e. The molecule has 0 amide bonds. The molecule has 2 aromatic heterocycles. The first kappa shape index (κ1) is 15.5. The van der Waals surface area contributed by atoms with Crippen LogP contribution in [0.1, 0.15) is 17.3 Å². The topological polar surface area (TPSA) is 116 Å². The molecule has 9 nitrogen and oxygen atoms in total. The fourth-order valence-corrected chi connectivity index (χ4v) is 2.48. The summed E-state index contributed by atoms with van der Waals surface area (Å²) in [6, 6.07) is 4.55. The third-order valence-corrected chi connectivity index (χ3v) is 3.77. The minimum Gasteiger partial charge on any atom is -0.477 e. The van der Waals surface area contributed by atoms with Crippen molar-refractivity contribution in [2.24, 2.45) is 7.05 Å². The molecular weight excluding hydrogens is 318 g/mol. The second-order valence-electron chi connectivity index (χ2n) is 5.13. The van der Waals surface area contributed by atoms with Crippen molar-refractivity contribution < 1.29 is 14.3 Å². The normalized spacial score (nSPS) is 11.1. The fraction of sp³-hybridized carbons (Fsp3) is 0.200. The molecule has 3 rings (SSSR count). The molecule has 0 aliphatic heterocycles. The van der Waals surface area contributed by atoms with Crippen molar-refractivity contribution >= 4 is 17.1 Å². The lowest BCUT2D eigenvalue weighted by Gasteiger charge is -2.10. The molecule has 0 bridgehead atoms. The Morgan fingerprint density at radius 1 is 1.25 bits per heavy atom. The number of fused-ring (bicyclic) bond motifs is 1. The van der Waals surface area contributed by atoms with Gasteiger partial charge in [-0.2, -0.15) is 0 Å². The molecule has 3 aromatic rings. The predicted molar refractivity (Wildman–Crippen MR) is 83.9 cm³/mol. The van der Waals surface area contributed by atoms with E-state index in [1.54, 1.807) is 20.0 Å². The van der Waals surface area contributed by atoms with Gasteiger partial charge in [0.2, 0.25) is 0 Å². The van der Waals surface area contributed by atoms with E-state index in [1.165, 1.54) is 16.7 Å². The highest BCUT2D eigenvalue weighted by molar-refractivity contribution is 5.86. The molecule has 1 N–H and O–H groups in total. The van der Waals surface area contributed by atoms with Gasteiger partial charge in [0.15, 0.2) is 5.58 Å². The highest BCUT2D eigenvalue weighted by Gasteiger charge is 2.17. The minimum atomic E-state index is -1.43. The van der Waals surface area contributed by atoms with Crippen molar-refractivity contribution in [3.05, 3.63) is 61.3 Å². The zero-order valence-corrected chi connectivity index (χ0v) is 12.8. The van der Waals surface area contributed by atoms with E-state index in [-0.39, 0.29) is 17.8 Å². The van der Waals surface area contributed by atoms with E-state index in [2.05, 4.69) is 0 Å². The van der Waals surface area contributed by atoms with Crippen LogP contribution in [0.4, 0.5) is 0 Å². The Morgan fingerprint density at radius 3 is 2.58 bits per heavy atom. The number of aromatic carboxylic acids is 1. The van der Waals surface area contributed by atoms with Gasteiger partial charge in [0.25, 0.3) is 5.56 Å². The molecule has 124 valence electrons. The van der Waals surface area contributed by atoms with Crippen LogP contribution in [0.2, 0.25) is 0 Å². The fourth-order valence-electron chi connectivity index (χ4n) is 2.48. The van der Waals surface area contributed by atoms with Crippen LogP contribution in [0.5, 0.6) is 0 Å². The Labute approximate surface area is 133 Å². The Bertz CT molecular complexity index is 1140. The number of carboxylic acids is 1. The number of benzene rings is 1. The maximum atomic E-state index is 12.4. The lowest BCUT2D eigenvalue weighted by atomic mass is 10.2. The molecule has 9 heteroatoms. The molecule has 0 aliphatic rings. The SMILES string of the molecule is CCn1c(=O)c(C(=O)O)cn(-c2ccc3c(c2)oc(=O)n3C)c1=O. The number of carbonyl (C=O) groups is 1. The standard InChI is InChI=1S/C15H13N3O6/c1-3-17-12(19)9(13(20)21)7-18(14(17)22)8-4-5-10-11(6-8)24-15(23)16(10)2/h4-7H,3H2,1-2H3,(H,20,21). The number of hydrogen-bond donors (Lipinski definition) is 1. The molecule has 2 heterocycles. The van der Waals surface area contributed by atoms with Gasteiger partial charge in [-0.15, -0.1) is 0 Å². The number of aromatic nitrogens is 3. The summed E-state index contributed by atoms with van der Waals surface area (Å²) in [7, 11) is 1.54. The summed E-state index contributed by atoms with van der Waals surface area (Å²) in [4.78, 5) is 47.3. The molecule has 0 saturated heterocycles. The third kappa shape index (κ3) is 2.18. The average Bonchev–Trinajstić information content (AvgIpc) is 2.82. The van der Waals surface area contributed by atoms with E-state index in [0.29, 0.717) is 5.52 Å². The van der Waals surface area contributed by atoms with Gasteiger partial charge in [0.1, 0.15) is 5.56 Å². The zero-order chi connectivity index (χ0) is 17.6. The first-order chi connectivity index (χ1) is 11.3. The number of hydrogen-bond acceptors (Lipinski definition) is 5. The quantitative estimate of drug-likeness (QED) is 0.731. The van der Waals surface area contributed by atoms with E-state index in [9.17, 15) is 19.2 Å². The van der Waals surface area contributed by atoms with E-state index < -0.39 is 28.5 Å². The van der Waals surface area contributed by atoms with Gasteiger partial charge in [0, 0.05) is 25.9 Å². The van der Waals surface area contributed by atoms with Crippen molar-refractivity contribution in [3.8, 4) is 5.69 Å². The molecular formula is C15H13N3O6. The van der Waals surface area contributed by atoms with Crippen LogP contribution in [0.3, 0.4) is 0 Å². The second-order valence-corrected chi connectivity index (χ2v) is 5.13. The van der Waals surface area contributed by atoms with Crippen molar-refractivity contribution in [3.63, 3.8) is 0 Å². The van der Waals surface area contributed by atoms with Crippen LogP contribution in [0.15, 0.2) is 43.2 Å². The van der Waals surface area contributed by atoms with Crippen LogP contribution in [-0.2, 0) is 13.6 Å². The summed E-state index contributed by atoms with van der Waals surface area (Å²) in [6.45, 7) is 1.60. The number of carboxylic acid groups (broad SMARTS) is 1. The maximum absolute atomic E-state index is 12.4. The summed E-state index contributed by atoms with van der Waals surface area (Å²) < 4.78 is 8.24. The van der Waals surface area contributed by atoms with Crippen LogP contribution in [0, 0.1) is 0 Å². The van der Waals surface area contributed by atoms with Crippen molar-refractivity contribution in [1.82, 2.24) is 13.7 Å². The predicted octanol–water partition coefficient (Wildman–Crippen LogP) is 0.162. The molecule has 0 atom stereocenters. The molecule has 0 spiro atoms. The summed E-state index contributed by atoms with van der Waals surface area (Å²) in [5.41, 5.74) is -1.00. The van der Waals surface area contributed by atoms with Gasteiger partial charge in [-0.25, -0.2) is 14.4 Å². The summed E-state index contributed by atoms with van der Waals surface area (Å²) >= 11 is 0. The first-order valence-electron chi connectivity index (χ1n) is 7.05. The third-order valence-electron chi connectivity index (χ3n) is 3.77. The monoisotopic (exact) mass is 331 g/mol. The number of nitrogens with zero attached hydrogens (tertiary/aromatic N) is 3. The van der Waals surface area contributed by atoms with Crippen LogP contribution >= 0.6 is 0 Å². The molecule has 24 heavy (non-hydrogen) atoms. The second kappa shape index (κ2) is 5.37. The molecule has 0 aliphatic carbocycles. The van der Waals surface area contributed by atoms with Crippen molar-refractivity contribution in [1.29, 1.82) is 0 Å². The van der Waals surface area contributed by atoms with Gasteiger partial charge >= 0.3 is 17.4 Å². The Morgan fingerprint density at radius 2 is 1.96 bits per heavy atom. The highest BCUT2D eigenvalue weighted by Crippen LogP contribution is 2.16. The number of aryl methyl sites for hydroxylation is 1. The summed E-state index contributed by atoms with van der Waals surface area (Å²) in [5, 5.41) is 9.17. The van der Waals surface area contributed by atoms with E-state index in [0.717, 1.165) is 15.3 Å². The van der Waals surface area contributed by atoms with Gasteiger partial charge < -0.3 is 9.52 Å². The van der Waals surface area contributed by atoms with E-state index in [1.807, 2.05) is 0 Å². The maximum Gasteiger partial charge on any atom is 0.419 e.